The first-order valence-corrected chi connectivity index (χ1v) is 14.8. The third kappa shape index (κ3) is 3.00. The molecule has 8 rings (SSSR count). The third-order valence-corrected chi connectivity index (χ3v) is 10.9. The molecule has 0 spiro atoms. The first-order chi connectivity index (χ1) is 18.1. The number of ether oxygens (including phenoxy) is 1. The molecular formula is C33H22NO2Te. The number of hydrogen-bond acceptors (Lipinski definition) is 2. The molecule has 4 heteroatoms. The first-order valence-electron chi connectivity index (χ1n) is 12.5. The Hall–Kier alpha value is -3.71. The Bertz CT molecular complexity index is 1890. The van der Waals surface area contributed by atoms with Gasteiger partial charge in [0.25, 0.3) is 0 Å². The standard InChI is InChI=1S/C33H22NO2Te/c1-18-10-12-26-22(14-18)23-15-19(2)11-13-27(23)34(26)28-8-5-7-20-24-17-31-25(16-29(24)36-33(20)28)32(35)21-6-3-4-9-30(21)37-31/h3-17,29H,1-2H3. The van der Waals surface area contributed by atoms with Gasteiger partial charge < -0.3 is 0 Å². The number of benzene rings is 4. The molecule has 0 N–H and O–H groups in total. The molecular weight excluding hydrogens is 570 g/mol. The van der Waals surface area contributed by atoms with Gasteiger partial charge in [-0.2, -0.15) is 0 Å². The summed E-state index contributed by atoms with van der Waals surface area (Å²) in [5, 5.41) is 2.51. The molecule has 3 aliphatic rings. The van der Waals surface area contributed by atoms with Gasteiger partial charge in [-0.25, -0.2) is 0 Å². The zero-order valence-electron chi connectivity index (χ0n) is 20.4. The van der Waals surface area contributed by atoms with Crippen LogP contribution in [0.5, 0.6) is 5.75 Å². The van der Waals surface area contributed by atoms with E-state index >= 15 is 0 Å². The Morgan fingerprint density at radius 2 is 1.51 bits per heavy atom. The second-order valence-electron chi connectivity index (χ2n) is 10.0. The van der Waals surface area contributed by atoms with E-state index in [2.05, 4.69) is 91.2 Å². The average molecular weight is 592 g/mol. The van der Waals surface area contributed by atoms with Crippen LogP contribution in [0.25, 0.3) is 33.1 Å². The SMILES string of the molecule is Cc1ccc2c(c1)c1cc(C)ccc1n2-c1cccc2c1OC1C=C3C(=O)c4ccccc4[Te]=C3C=C21. The van der Waals surface area contributed by atoms with E-state index in [1.54, 1.807) is 0 Å². The molecule has 1 aromatic heterocycles. The van der Waals surface area contributed by atoms with E-state index in [1.807, 2.05) is 18.2 Å². The Morgan fingerprint density at radius 1 is 0.811 bits per heavy atom. The Labute approximate surface area is 224 Å². The van der Waals surface area contributed by atoms with E-state index in [0.29, 0.717) is 0 Å². The molecule has 5 aromatic rings. The number of carbonyl (C=O) groups is 1. The number of para-hydroxylation sites is 1. The summed E-state index contributed by atoms with van der Waals surface area (Å²) in [5.41, 5.74) is 9.88. The summed E-state index contributed by atoms with van der Waals surface area (Å²) >= 11 is -0.633. The van der Waals surface area contributed by atoms with Gasteiger partial charge in [-0.15, -0.1) is 0 Å². The molecule has 0 saturated carbocycles. The van der Waals surface area contributed by atoms with Gasteiger partial charge in [-0.1, -0.05) is 0 Å². The van der Waals surface area contributed by atoms with E-state index in [0.717, 1.165) is 28.1 Å². The van der Waals surface area contributed by atoms with Crippen molar-refractivity contribution in [3.8, 4) is 11.4 Å². The molecule has 1 radical (unpaired) electrons. The summed E-state index contributed by atoms with van der Waals surface area (Å²) in [6.07, 6.45) is 4.08. The minimum absolute atomic E-state index is 0.130. The Morgan fingerprint density at radius 3 is 2.27 bits per heavy atom. The quantitative estimate of drug-likeness (QED) is 0.228. The van der Waals surface area contributed by atoms with Gasteiger partial charge in [0.05, 0.1) is 0 Å². The molecule has 177 valence electrons. The number of aryl methyl sites for hydroxylation is 2. The van der Waals surface area contributed by atoms with Crippen molar-refractivity contribution >= 4 is 60.8 Å². The second kappa shape index (κ2) is 7.65. The maximum absolute atomic E-state index is 13.4. The topological polar surface area (TPSA) is 31.2 Å². The molecule has 37 heavy (non-hydrogen) atoms. The Balaban J connectivity index is 1.35. The van der Waals surface area contributed by atoms with Crippen LogP contribution in [0, 0.1) is 13.8 Å². The van der Waals surface area contributed by atoms with Crippen molar-refractivity contribution in [3.63, 3.8) is 0 Å². The minimum atomic E-state index is -0.633. The van der Waals surface area contributed by atoms with Crippen molar-refractivity contribution < 1.29 is 9.53 Å². The summed E-state index contributed by atoms with van der Waals surface area (Å²) in [4.78, 5) is 13.4. The molecule has 4 aromatic carbocycles. The number of hydrogen-bond donors (Lipinski definition) is 0. The number of carbonyl (C=O) groups excluding carboxylic acids is 1. The number of fused-ring (bicyclic) bond motifs is 8. The molecule has 0 fully saturated rings. The molecule has 1 unspecified atom stereocenters. The molecule has 1 atom stereocenters. The second-order valence-corrected chi connectivity index (χ2v) is 13.1. The molecule has 1 aliphatic carbocycles. The number of nitrogens with zero attached hydrogens (tertiary/aromatic N) is 1. The van der Waals surface area contributed by atoms with Crippen LogP contribution >= 0.6 is 0 Å². The van der Waals surface area contributed by atoms with Crippen molar-refractivity contribution in [1.82, 2.24) is 4.57 Å². The van der Waals surface area contributed by atoms with Crippen molar-refractivity contribution in [2.24, 2.45) is 0 Å². The maximum atomic E-state index is 13.4. The van der Waals surface area contributed by atoms with Gasteiger partial charge >= 0.3 is 225 Å². The van der Waals surface area contributed by atoms with Crippen LogP contribution < -0.4 is 8.35 Å². The summed E-state index contributed by atoms with van der Waals surface area (Å²) in [6, 6.07) is 27.9. The summed E-state index contributed by atoms with van der Waals surface area (Å²) < 4.78 is 11.5. The van der Waals surface area contributed by atoms with Gasteiger partial charge in [-0.3, -0.25) is 0 Å². The summed E-state index contributed by atoms with van der Waals surface area (Å²) in [7, 11) is 0. The zero-order chi connectivity index (χ0) is 24.8. The van der Waals surface area contributed by atoms with Crippen LogP contribution in [-0.4, -0.2) is 40.5 Å². The van der Waals surface area contributed by atoms with E-state index < -0.39 is 20.5 Å². The van der Waals surface area contributed by atoms with Crippen LogP contribution in [0.3, 0.4) is 0 Å². The van der Waals surface area contributed by atoms with E-state index in [9.17, 15) is 4.79 Å². The first kappa shape index (κ1) is 21.4. The van der Waals surface area contributed by atoms with Gasteiger partial charge in [0, 0.05) is 0 Å². The van der Waals surface area contributed by atoms with Crippen LogP contribution in [0.1, 0.15) is 27.0 Å². The fourth-order valence-corrected chi connectivity index (χ4v) is 9.09. The summed E-state index contributed by atoms with van der Waals surface area (Å²) in [6.45, 7) is 4.29. The van der Waals surface area contributed by atoms with E-state index in [4.69, 9.17) is 4.74 Å². The molecule has 3 heterocycles. The van der Waals surface area contributed by atoms with Gasteiger partial charge in [0.1, 0.15) is 0 Å². The molecule has 3 nitrogen and oxygen atoms in total. The number of ketones is 1. The monoisotopic (exact) mass is 594 g/mol. The fourth-order valence-electron chi connectivity index (χ4n) is 5.92. The van der Waals surface area contributed by atoms with Crippen molar-refractivity contribution in [2.45, 2.75) is 20.0 Å². The van der Waals surface area contributed by atoms with Crippen LogP contribution in [0.2, 0.25) is 0 Å². The number of allylic oxidation sites excluding steroid dienone is 2. The van der Waals surface area contributed by atoms with Gasteiger partial charge in [0.2, 0.25) is 0 Å². The predicted molar refractivity (Wildman–Crippen MR) is 152 cm³/mol. The predicted octanol–water partition coefficient (Wildman–Crippen LogP) is 5.88. The van der Waals surface area contributed by atoms with Crippen molar-refractivity contribution in [3.05, 3.63) is 119 Å². The zero-order valence-corrected chi connectivity index (χ0v) is 22.7. The Kier molecular flexibility index (Phi) is 4.42. The number of Topliss-reactive ketones (excluding diaryl/α,β-unsaturated/α-hetero) is 1. The van der Waals surface area contributed by atoms with Crippen molar-refractivity contribution in [2.75, 3.05) is 0 Å². The summed E-state index contributed by atoms with van der Waals surface area (Å²) in [5.74, 6) is 1.02. The number of rotatable bonds is 1. The third-order valence-electron chi connectivity index (χ3n) is 7.64. The fraction of sp³-hybridized carbons (Fsp3) is 0.0909. The van der Waals surface area contributed by atoms with E-state index in [1.165, 1.54) is 45.7 Å². The van der Waals surface area contributed by atoms with Crippen LogP contribution in [0.15, 0.2) is 96.6 Å². The number of aromatic nitrogens is 1. The average Bonchev–Trinajstić information content (AvgIpc) is 3.42. The van der Waals surface area contributed by atoms with Crippen LogP contribution in [0.4, 0.5) is 0 Å². The normalized spacial score (nSPS) is 17.4. The van der Waals surface area contributed by atoms with Crippen molar-refractivity contribution in [1.29, 1.82) is 0 Å². The molecule has 0 saturated heterocycles. The van der Waals surface area contributed by atoms with E-state index in [-0.39, 0.29) is 11.9 Å². The van der Waals surface area contributed by atoms with Gasteiger partial charge in [0.15, 0.2) is 0 Å². The van der Waals surface area contributed by atoms with Crippen LogP contribution in [-0.2, 0) is 0 Å². The van der Waals surface area contributed by atoms with Gasteiger partial charge in [-0.05, 0) is 0 Å². The molecule has 2 aliphatic heterocycles. The molecule has 0 bridgehead atoms. The molecule has 0 amide bonds.